The first-order valence-electron chi connectivity index (χ1n) is 8.61. The van der Waals surface area contributed by atoms with Gasteiger partial charge in [-0.15, -0.1) is 0 Å². The molecule has 0 aromatic heterocycles. The van der Waals surface area contributed by atoms with Crippen LogP contribution in [0.15, 0.2) is 53.2 Å². The van der Waals surface area contributed by atoms with Crippen molar-refractivity contribution in [3.05, 3.63) is 68.8 Å². The Morgan fingerprint density at radius 2 is 1.79 bits per heavy atom. The van der Waals surface area contributed by atoms with Crippen LogP contribution in [0, 0.1) is 0 Å². The highest BCUT2D eigenvalue weighted by Gasteiger charge is 2.39. The lowest BCUT2D eigenvalue weighted by molar-refractivity contribution is -0.120. The summed E-state index contributed by atoms with van der Waals surface area (Å²) in [5.74, 6) is -1.84. The highest BCUT2D eigenvalue weighted by Crippen LogP contribution is 2.33. The van der Waals surface area contributed by atoms with Gasteiger partial charge in [-0.05, 0) is 42.8 Å². The normalized spacial score (nSPS) is 13.9. The third-order valence-corrected chi connectivity index (χ3v) is 5.08. The minimum atomic E-state index is -0.698. The minimum absolute atomic E-state index is 0.109. The van der Waals surface area contributed by atoms with E-state index < -0.39 is 17.8 Å². The molecule has 29 heavy (non-hydrogen) atoms. The second kappa shape index (κ2) is 8.86. The fourth-order valence-electron chi connectivity index (χ4n) is 2.62. The molecule has 0 fully saturated rings. The summed E-state index contributed by atoms with van der Waals surface area (Å²) in [7, 11) is 0. The van der Waals surface area contributed by atoms with Crippen LogP contribution in [0.5, 0.6) is 0 Å². The molecule has 0 saturated heterocycles. The number of carbonyl (C=O) groups excluding carboxylic acids is 3. The first kappa shape index (κ1) is 21.2. The number of hydrogen-bond donors (Lipinski definition) is 1. The molecule has 0 saturated carbocycles. The lowest BCUT2D eigenvalue weighted by atomic mass is 10.2. The molecule has 3 rings (SSSR count). The second-order valence-electron chi connectivity index (χ2n) is 6.07. The molecular formula is C20H15Cl3N2O4. The third-order valence-electron chi connectivity index (χ3n) is 3.99. The summed E-state index contributed by atoms with van der Waals surface area (Å²) in [5, 5.41) is 3.02. The van der Waals surface area contributed by atoms with Gasteiger partial charge in [-0.3, -0.25) is 9.59 Å². The van der Waals surface area contributed by atoms with Crippen molar-refractivity contribution in [1.82, 2.24) is 0 Å². The molecular weight excluding hydrogens is 439 g/mol. The maximum atomic E-state index is 12.8. The minimum Gasteiger partial charge on any atom is -0.462 e. The molecule has 0 unspecified atom stereocenters. The standard InChI is InChI=1S/C20H15Cl3N2O4/c1-2-8-29-20(28)11-4-3-5-12(9-11)24-17-16(23)18(26)25(19(17)27)13-6-7-14(21)15(22)10-13/h3-7,9-10,24H,2,8H2,1H3. The predicted octanol–water partition coefficient (Wildman–Crippen LogP) is 5.00. The molecule has 0 radical (unpaired) electrons. The van der Waals surface area contributed by atoms with Crippen molar-refractivity contribution >= 4 is 64.0 Å². The van der Waals surface area contributed by atoms with Gasteiger partial charge in [0.25, 0.3) is 11.8 Å². The number of imide groups is 1. The first-order valence-corrected chi connectivity index (χ1v) is 9.74. The fraction of sp³-hybridized carbons (Fsp3) is 0.150. The van der Waals surface area contributed by atoms with E-state index in [9.17, 15) is 14.4 Å². The molecule has 0 aliphatic carbocycles. The molecule has 6 nitrogen and oxygen atoms in total. The van der Waals surface area contributed by atoms with Gasteiger partial charge in [-0.25, -0.2) is 9.69 Å². The van der Waals surface area contributed by atoms with Gasteiger partial charge in [-0.2, -0.15) is 0 Å². The predicted molar refractivity (Wildman–Crippen MR) is 112 cm³/mol. The Labute approximate surface area is 182 Å². The average molecular weight is 454 g/mol. The zero-order chi connectivity index (χ0) is 21.1. The zero-order valence-electron chi connectivity index (χ0n) is 15.2. The Hall–Kier alpha value is -2.54. The monoisotopic (exact) mass is 452 g/mol. The molecule has 0 bridgehead atoms. The van der Waals surface area contributed by atoms with Crippen molar-refractivity contribution in [3.63, 3.8) is 0 Å². The maximum absolute atomic E-state index is 12.8. The number of esters is 1. The van der Waals surface area contributed by atoms with Crippen molar-refractivity contribution in [1.29, 1.82) is 0 Å². The lowest BCUT2D eigenvalue weighted by Crippen LogP contribution is -2.32. The van der Waals surface area contributed by atoms with Crippen molar-refractivity contribution in [2.45, 2.75) is 13.3 Å². The van der Waals surface area contributed by atoms with Crippen LogP contribution in [0.25, 0.3) is 0 Å². The van der Waals surface area contributed by atoms with Gasteiger partial charge < -0.3 is 10.1 Å². The number of rotatable bonds is 6. The van der Waals surface area contributed by atoms with Crippen LogP contribution >= 0.6 is 34.8 Å². The fourth-order valence-corrected chi connectivity index (χ4v) is 3.12. The smallest absolute Gasteiger partial charge is 0.338 e. The molecule has 2 amide bonds. The Bertz CT molecular complexity index is 1040. The molecule has 1 heterocycles. The van der Waals surface area contributed by atoms with Crippen molar-refractivity contribution in [2.24, 2.45) is 0 Å². The summed E-state index contributed by atoms with van der Waals surface area (Å²) in [6.07, 6.45) is 0.702. The second-order valence-corrected chi connectivity index (χ2v) is 7.27. The Kier molecular flexibility index (Phi) is 6.47. The number of halogens is 3. The Morgan fingerprint density at radius 1 is 1.03 bits per heavy atom. The van der Waals surface area contributed by atoms with E-state index in [0.29, 0.717) is 29.3 Å². The molecule has 1 N–H and O–H groups in total. The van der Waals surface area contributed by atoms with Crippen LogP contribution in [-0.2, 0) is 14.3 Å². The number of hydrogen-bond acceptors (Lipinski definition) is 5. The number of ether oxygens (including phenoxy) is 1. The molecule has 150 valence electrons. The number of nitrogens with zero attached hydrogens (tertiary/aromatic N) is 1. The van der Waals surface area contributed by atoms with Gasteiger partial charge in [0.05, 0.1) is 27.9 Å². The Morgan fingerprint density at radius 3 is 2.48 bits per heavy atom. The molecule has 2 aromatic carbocycles. The van der Waals surface area contributed by atoms with Gasteiger partial charge in [0.1, 0.15) is 10.7 Å². The maximum Gasteiger partial charge on any atom is 0.338 e. The quantitative estimate of drug-likeness (QED) is 0.492. The van der Waals surface area contributed by atoms with E-state index in [-0.39, 0.29) is 21.4 Å². The summed E-state index contributed by atoms with van der Waals surface area (Å²) in [4.78, 5) is 38.3. The summed E-state index contributed by atoms with van der Waals surface area (Å²) in [6.45, 7) is 2.20. The van der Waals surface area contributed by atoms with Crippen LogP contribution in [-0.4, -0.2) is 24.4 Å². The van der Waals surface area contributed by atoms with Gasteiger partial charge in [0, 0.05) is 5.69 Å². The third kappa shape index (κ3) is 4.40. The van der Waals surface area contributed by atoms with Crippen LogP contribution < -0.4 is 10.2 Å². The summed E-state index contributed by atoms with van der Waals surface area (Å²) < 4.78 is 5.10. The van der Waals surface area contributed by atoms with Gasteiger partial charge >= 0.3 is 5.97 Å². The topological polar surface area (TPSA) is 75.7 Å². The van der Waals surface area contributed by atoms with Gasteiger partial charge in [-0.1, -0.05) is 47.8 Å². The van der Waals surface area contributed by atoms with Crippen molar-refractivity contribution in [2.75, 3.05) is 16.8 Å². The van der Waals surface area contributed by atoms with Crippen LogP contribution in [0.3, 0.4) is 0 Å². The van der Waals surface area contributed by atoms with Crippen LogP contribution in [0.4, 0.5) is 11.4 Å². The molecule has 1 aliphatic heterocycles. The highest BCUT2D eigenvalue weighted by molar-refractivity contribution is 6.53. The first-order chi connectivity index (χ1) is 13.8. The van der Waals surface area contributed by atoms with Crippen LogP contribution in [0.2, 0.25) is 10.0 Å². The number of nitrogens with one attached hydrogen (secondary N) is 1. The van der Waals surface area contributed by atoms with E-state index in [1.54, 1.807) is 18.2 Å². The van der Waals surface area contributed by atoms with Gasteiger partial charge in [0.2, 0.25) is 0 Å². The number of amides is 2. The zero-order valence-corrected chi connectivity index (χ0v) is 17.4. The molecule has 9 heteroatoms. The van der Waals surface area contributed by atoms with E-state index in [2.05, 4.69) is 5.32 Å². The molecule has 2 aromatic rings. The lowest BCUT2D eigenvalue weighted by Gasteiger charge is -2.16. The molecule has 1 aliphatic rings. The van der Waals surface area contributed by atoms with E-state index in [4.69, 9.17) is 39.5 Å². The summed E-state index contributed by atoms with van der Waals surface area (Å²) in [5.41, 5.74) is 0.836. The van der Waals surface area contributed by atoms with E-state index in [1.807, 2.05) is 6.92 Å². The Balaban J connectivity index is 1.84. The summed E-state index contributed by atoms with van der Waals surface area (Å²) >= 11 is 18.0. The molecule has 0 spiro atoms. The molecule has 0 atom stereocenters. The summed E-state index contributed by atoms with van der Waals surface area (Å²) in [6, 6.07) is 10.7. The van der Waals surface area contributed by atoms with Crippen LogP contribution in [0.1, 0.15) is 23.7 Å². The van der Waals surface area contributed by atoms with Crippen molar-refractivity contribution < 1.29 is 19.1 Å². The van der Waals surface area contributed by atoms with E-state index in [0.717, 1.165) is 4.90 Å². The van der Waals surface area contributed by atoms with E-state index in [1.165, 1.54) is 24.3 Å². The number of carbonyl (C=O) groups is 3. The van der Waals surface area contributed by atoms with Crippen molar-refractivity contribution in [3.8, 4) is 0 Å². The SMILES string of the molecule is CCCOC(=O)c1cccc(NC2=C(Cl)C(=O)N(c3ccc(Cl)c(Cl)c3)C2=O)c1. The van der Waals surface area contributed by atoms with E-state index >= 15 is 0 Å². The highest BCUT2D eigenvalue weighted by atomic mass is 35.5. The number of benzene rings is 2. The largest absolute Gasteiger partial charge is 0.462 e. The average Bonchev–Trinajstić information content (AvgIpc) is 2.92. The van der Waals surface area contributed by atoms with Gasteiger partial charge in [0.15, 0.2) is 0 Å². The number of anilines is 2.